The molecule has 0 spiro atoms. The summed E-state index contributed by atoms with van der Waals surface area (Å²) < 4.78 is 71.1. The molecule has 31 heavy (non-hydrogen) atoms. The lowest BCUT2D eigenvalue weighted by Crippen LogP contribution is -2.43. The number of benzene rings is 1. The van der Waals surface area contributed by atoms with E-state index in [-0.39, 0.29) is 35.2 Å². The molecular weight excluding hydrogens is 435 g/mol. The Hall–Kier alpha value is -2.82. The number of carbonyl (C=O) groups is 1. The molecule has 1 aromatic carbocycles. The number of pyridine rings is 1. The van der Waals surface area contributed by atoms with E-state index in [1.807, 2.05) is 20.8 Å². The molecule has 0 aliphatic carbocycles. The van der Waals surface area contributed by atoms with E-state index in [1.165, 1.54) is 12.3 Å². The number of carbonyl (C=O) groups excluding carboxylic acids is 1. The molecule has 0 bridgehead atoms. The van der Waals surface area contributed by atoms with Crippen molar-refractivity contribution in [2.24, 2.45) is 0 Å². The summed E-state index contributed by atoms with van der Waals surface area (Å²) in [5.74, 6) is -0.410. The molecule has 1 amide bonds. The van der Waals surface area contributed by atoms with E-state index in [1.54, 1.807) is 0 Å². The van der Waals surface area contributed by atoms with Gasteiger partial charge in [-0.3, -0.25) is 9.10 Å². The Balaban J connectivity index is 1.97. The zero-order valence-corrected chi connectivity index (χ0v) is 18.0. The van der Waals surface area contributed by atoms with Crippen LogP contribution in [0.3, 0.4) is 0 Å². The fraction of sp³-hybridized carbons (Fsp3) is 0.400. The van der Waals surface area contributed by atoms with Crippen molar-refractivity contribution in [1.82, 2.24) is 10.3 Å². The average molecular weight is 457 g/mol. The van der Waals surface area contributed by atoms with Gasteiger partial charge in [-0.15, -0.1) is 0 Å². The van der Waals surface area contributed by atoms with Gasteiger partial charge in [0.15, 0.2) is 0 Å². The van der Waals surface area contributed by atoms with Crippen molar-refractivity contribution >= 4 is 21.6 Å². The molecule has 1 aliphatic rings. The topological polar surface area (TPSA) is 88.6 Å². The highest BCUT2D eigenvalue weighted by atomic mass is 32.2. The minimum atomic E-state index is -4.58. The number of sulfonamides is 1. The van der Waals surface area contributed by atoms with Crippen LogP contribution in [-0.4, -0.2) is 38.0 Å². The second-order valence-corrected chi connectivity index (χ2v) is 9.55. The number of amides is 1. The molecular formula is C20H22F3N3O4S. The van der Waals surface area contributed by atoms with Gasteiger partial charge in [-0.1, -0.05) is 6.92 Å². The predicted octanol–water partition coefficient (Wildman–Crippen LogP) is 3.61. The van der Waals surface area contributed by atoms with E-state index in [2.05, 4.69) is 10.3 Å². The lowest BCUT2D eigenvalue weighted by Gasteiger charge is -2.30. The number of rotatable bonds is 5. The minimum Gasteiger partial charge on any atom is -0.474 e. The minimum absolute atomic E-state index is 0.00821. The number of alkyl halides is 3. The van der Waals surface area contributed by atoms with Gasteiger partial charge in [0.2, 0.25) is 5.88 Å². The summed E-state index contributed by atoms with van der Waals surface area (Å²) in [4.78, 5) is 16.3. The van der Waals surface area contributed by atoms with Crippen LogP contribution >= 0.6 is 0 Å². The summed E-state index contributed by atoms with van der Waals surface area (Å²) in [5.41, 5.74) is -1.24. The molecule has 0 atom stereocenters. The zero-order valence-electron chi connectivity index (χ0n) is 17.2. The Morgan fingerprint density at radius 1 is 1.23 bits per heavy atom. The van der Waals surface area contributed by atoms with Crippen LogP contribution in [0, 0.1) is 0 Å². The average Bonchev–Trinajstić information content (AvgIpc) is 2.72. The largest absolute Gasteiger partial charge is 0.474 e. The molecule has 0 saturated carbocycles. The smallest absolute Gasteiger partial charge is 0.416 e. The van der Waals surface area contributed by atoms with Gasteiger partial charge < -0.3 is 10.1 Å². The second-order valence-electron chi connectivity index (χ2n) is 7.69. The molecule has 1 N–H and O–H groups in total. The number of hydrogen-bond donors (Lipinski definition) is 1. The number of hydrogen-bond acceptors (Lipinski definition) is 5. The molecule has 11 heteroatoms. The first-order valence-electron chi connectivity index (χ1n) is 9.50. The highest BCUT2D eigenvalue weighted by molar-refractivity contribution is 7.92. The third-order valence-corrected chi connectivity index (χ3v) is 6.83. The number of anilines is 1. The number of nitrogens with zero attached hydrogens (tertiary/aromatic N) is 2. The molecule has 1 aliphatic heterocycles. The number of nitrogens with one attached hydrogen (secondary N) is 1. The summed E-state index contributed by atoms with van der Waals surface area (Å²) in [6.45, 7) is 5.54. The van der Waals surface area contributed by atoms with Crippen LogP contribution < -0.4 is 14.4 Å². The Morgan fingerprint density at radius 3 is 2.45 bits per heavy atom. The first kappa shape index (κ1) is 22.9. The second kappa shape index (κ2) is 8.03. The summed E-state index contributed by atoms with van der Waals surface area (Å²) in [6.07, 6.45) is -2.62. The van der Waals surface area contributed by atoms with Crippen molar-refractivity contribution in [2.45, 2.75) is 43.8 Å². The Labute approximate surface area is 178 Å². The molecule has 0 saturated heterocycles. The maximum Gasteiger partial charge on any atom is 0.416 e. The summed E-state index contributed by atoms with van der Waals surface area (Å²) >= 11 is 0. The van der Waals surface area contributed by atoms with E-state index in [9.17, 15) is 26.4 Å². The summed E-state index contributed by atoms with van der Waals surface area (Å²) in [5, 5.41) is 2.84. The standard InChI is InChI=1S/C20H22F3N3O4S/c1-4-19(2,3)25-17(27)13-11-16-18(24-12-13)30-10-9-26(16)31(28,29)15-7-5-14(6-8-15)20(21,22)23/h5-8,11-12H,4,9-10H2,1-3H3,(H,25,27). The fourth-order valence-corrected chi connectivity index (χ4v) is 4.30. The third-order valence-electron chi connectivity index (χ3n) is 5.00. The molecule has 3 rings (SSSR count). The summed E-state index contributed by atoms with van der Waals surface area (Å²) in [7, 11) is -4.21. The van der Waals surface area contributed by atoms with Crippen LogP contribution in [0.4, 0.5) is 18.9 Å². The molecule has 2 heterocycles. The third kappa shape index (κ3) is 4.76. The van der Waals surface area contributed by atoms with Crippen molar-refractivity contribution in [1.29, 1.82) is 0 Å². The van der Waals surface area contributed by atoms with Crippen molar-refractivity contribution in [2.75, 3.05) is 17.5 Å². The van der Waals surface area contributed by atoms with Gasteiger partial charge >= 0.3 is 6.18 Å². The molecule has 2 aromatic rings. The highest BCUT2D eigenvalue weighted by Crippen LogP contribution is 2.35. The van der Waals surface area contributed by atoms with Gasteiger partial charge in [-0.2, -0.15) is 13.2 Å². The Kier molecular flexibility index (Phi) is 5.92. The van der Waals surface area contributed by atoms with Crippen LogP contribution in [0.25, 0.3) is 0 Å². The Morgan fingerprint density at radius 2 is 1.87 bits per heavy atom. The van der Waals surface area contributed by atoms with Gasteiger partial charge in [0, 0.05) is 11.7 Å². The quantitative estimate of drug-likeness (QED) is 0.741. The monoisotopic (exact) mass is 457 g/mol. The van der Waals surface area contributed by atoms with E-state index >= 15 is 0 Å². The summed E-state index contributed by atoms with van der Waals surface area (Å²) in [6, 6.07) is 4.58. The van der Waals surface area contributed by atoms with Gasteiger partial charge in [0.1, 0.15) is 12.3 Å². The van der Waals surface area contributed by atoms with Crippen LogP contribution in [0.15, 0.2) is 41.4 Å². The van der Waals surface area contributed by atoms with Gasteiger partial charge in [0.05, 0.1) is 22.6 Å². The molecule has 0 unspecified atom stereocenters. The van der Waals surface area contributed by atoms with Crippen LogP contribution in [-0.2, 0) is 16.2 Å². The van der Waals surface area contributed by atoms with Gasteiger partial charge in [-0.05, 0) is 50.6 Å². The lowest BCUT2D eigenvalue weighted by molar-refractivity contribution is -0.137. The molecule has 0 fully saturated rings. The van der Waals surface area contributed by atoms with E-state index in [0.717, 1.165) is 16.4 Å². The van der Waals surface area contributed by atoms with Crippen LogP contribution in [0.5, 0.6) is 5.88 Å². The van der Waals surface area contributed by atoms with Gasteiger partial charge in [-0.25, -0.2) is 13.4 Å². The van der Waals surface area contributed by atoms with Crippen LogP contribution in [0.2, 0.25) is 0 Å². The number of halogens is 3. The zero-order chi connectivity index (χ0) is 23.0. The van der Waals surface area contributed by atoms with Crippen molar-refractivity contribution in [3.8, 4) is 5.88 Å². The molecule has 7 nitrogen and oxygen atoms in total. The Bertz CT molecular complexity index is 1080. The maximum absolute atomic E-state index is 13.1. The predicted molar refractivity (Wildman–Crippen MR) is 108 cm³/mol. The van der Waals surface area contributed by atoms with Crippen molar-refractivity contribution in [3.05, 3.63) is 47.7 Å². The normalized spacial score (nSPS) is 14.6. The maximum atomic E-state index is 13.1. The number of ether oxygens (including phenoxy) is 1. The number of fused-ring (bicyclic) bond motifs is 1. The van der Waals surface area contributed by atoms with Crippen LogP contribution in [0.1, 0.15) is 43.1 Å². The first-order chi connectivity index (χ1) is 14.3. The SMILES string of the molecule is CCC(C)(C)NC(=O)c1cnc2c(c1)N(S(=O)(=O)c1ccc(C(F)(F)F)cc1)CCO2. The van der Waals surface area contributed by atoms with E-state index in [4.69, 9.17) is 4.74 Å². The lowest BCUT2D eigenvalue weighted by atomic mass is 10.0. The highest BCUT2D eigenvalue weighted by Gasteiger charge is 2.34. The number of aromatic nitrogens is 1. The first-order valence-corrected chi connectivity index (χ1v) is 10.9. The molecule has 168 valence electrons. The van der Waals surface area contributed by atoms with Gasteiger partial charge in [0.25, 0.3) is 15.9 Å². The van der Waals surface area contributed by atoms with E-state index < -0.39 is 33.2 Å². The molecule has 0 radical (unpaired) electrons. The van der Waals surface area contributed by atoms with E-state index in [0.29, 0.717) is 18.6 Å². The van der Waals surface area contributed by atoms with Crippen molar-refractivity contribution < 1.29 is 31.1 Å². The van der Waals surface area contributed by atoms with Crippen molar-refractivity contribution in [3.63, 3.8) is 0 Å². The molecule has 1 aromatic heterocycles. The fourth-order valence-electron chi connectivity index (χ4n) is 2.86.